The van der Waals surface area contributed by atoms with Crippen molar-refractivity contribution in [2.24, 2.45) is 5.41 Å². The first-order valence-corrected chi connectivity index (χ1v) is 9.93. The van der Waals surface area contributed by atoms with Crippen LogP contribution in [0.5, 0.6) is 5.75 Å². The van der Waals surface area contributed by atoms with Crippen LogP contribution in [-0.4, -0.2) is 46.3 Å². The van der Waals surface area contributed by atoms with Gasteiger partial charge >= 0.3 is 6.36 Å². The average molecular weight is 431 g/mol. The summed E-state index contributed by atoms with van der Waals surface area (Å²) in [4.78, 5) is 2.10. The normalized spacial score (nSPS) is 18.3. The number of aliphatic hydroxyl groups is 1. The minimum atomic E-state index is -4.76. The van der Waals surface area contributed by atoms with E-state index in [4.69, 9.17) is 0 Å². The van der Waals surface area contributed by atoms with E-state index in [1.165, 1.54) is 24.3 Å². The topological polar surface area (TPSA) is 50.5 Å². The summed E-state index contributed by atoms with van der Waals surface area (Å²) < 4.78 is 43.4. The van der Waals surface area contributed by atoms with Crippen molar-refractivity contribution in [2.75, 3.05) is 20.1 Å². The molecule has 1 N–H and O–H groups in total. The van der Waals surface area contributed by atoms with Crippen LogP contribution in [0, 0.1) is 5.41 Å². The molecule has 2 heterocycles. The van der Waals surface area contributed by atoms with Gasteiger partial charge in [-0.15, -0.1) is 13.2 Å². The minimum absolute atomic E-state index is 0.318. The Balaban J connectivity index is 1.73. The molecule has 3 aromatic rings. The highest BCUT2D eigenvalue weighted by molar-refractivity contribution is 5.43. The summed E-state index contributed by atoms with van der Waals surface area (Å²) in [5, 5.41) is 16.3. The van der Waals surface area contributed by atoms with E-state index >= 15 is 0 Å². The van der Waals surface area contributed by atoms with E-state index in [9.17, 15) is 18.3 Å². The highest BCUT2D eigenvalue weighted by atomic mass is 19.4. The zero-order valence-corrected chi connectivity index (χ0v) is 17.3. The average Bonchev–Trinajstić information content (AvgIpc) is 3.19. The third kappa shape index (κ3) is 4.18. The van der Waals surface area contributed by atoms with Crippen LogP contribution < -0.4 is 4.74 Å². The number of rotatable bonds is 6. The zero-order valence-electron chi connectivity index (χ0n) is 17.3. The van der Waals surface area contributed by atoms with Gasteiger partial charge in [0.25, 0.3) is 0 Å². The molecule has 1 saturated heterocycles. The first kappa shape index (κ1) is 21.4. The number of nitrogens with zero attached hydrogens (tertiary/aromatic N) is 3. The van der Waals surface area contributed by atoms with Gasteiger partial charge in [0.2, 0.25) is 0 Å². The molecule has 8 heteroatoms. The molecule has 0 amide bonds. The fraction of sp³-hybridized carbons (Fsp3) is 0.348. The van der Waals surface area contributed by atoms with Crippen molar-refractivity contribution in [1.82, 2.24) is 14.7 Å². The van der Waals surface area contributed by atoms with Crippen LogP contribution >= 0.6 is 0 Å². The van der Waals surface area contributed by atoms with Gasteiger partial charge in [-0.1, -0.05) is 43.3 Å². The van der Waals surface area contributed by atoms with Crippen molar-refractivity contribution in [2.45, 2.75) is 25.4 Å². The molecular weight excluding hydrogens is 407 g/mol. The van der Waals surface area contributed by atoms with Gasteiger partial charge in [-0.25, -0.2) is 0 Å². The number of benzene rings is 2. The van der Waals surface area contributed by atoms with Gasteiger partial charge in [0.05, 0.1) is 6.54 Å². The van der Waals surface area contributed by atoms with Crippen LogP contribution in [-0.2, 0) is 12.1 Å². The first-order valence-electron chi connectivity index (χ1n) is 9.93. The summed E-state index contributed by atoms with van der Waals surface area (Å²) in [7, 11) is 1.97. The molecule has 0 spiro atoms. The van der Waals surface area contributed by atoms with Crippen molar-refractivity contribution in [1.29, 1.82) is 0 Å². The van der Waals surface area contributed by atoms with E-state index in [2.05, 4.69) is 14.7 Å². The molecule has 4 rings (SSSR count). The summed E-state index contributed by atoms with van der Waals surface area (Å²) >= 11 is 0. The minimum Gasteiger partial charge on any atom is -0.406 e. The Morgan fingerprint density at radius 3 is 2.35 bits per heavy atom. The monoisotopic (exact) mass is 431 g/mol. The van der Waals surface area contributed by atoms with E-state index in [1.54, 1.807) is 10.9 Å². The molecular formula is C23H24F3N3O2. The highest BCUT2D eigenvalue weighted by Gasteiger charge is 2.55. The van der Waals surface area contributed by atoms with Crippen LogP contribution in [0.25, 0.3) is 0 Å². The van der Waals surface area contributed by atoms with Gasteiger partial charge in [-0.2, -0.15) is 5.10 Å². The first-order chi connectivity index (χ1) is 14.6. The third-order valence-electron chi connectivity index (χ3n) is 5.87. The van der Waals surface area contributed by atoms with Gasteiger partial charge in [0.15, 0.2) is 0 Å². The van der Waals surface area contributed by atoms with E-state index in [0.29, 0.717) is 30.8 Å². The molecule has 0 bridgehead atoms. The fourth-order valence-corrected chi connectivity index (χ4v) is 4.61. The van der Waals surface area contributed by atoms with Gasteiger partial charge in [0.1, 0.15) is 11.4 Å². The molecule has 5 nitrogen and oxygen atoms in total. The maximum Gasteiger partial charge on any atom is 0.573 e. The molecule has 1 aromatic heterocycles. The summed E-state index contributed by atoms with van der Waals surface area (Å²) in [6.45, 7) is 3.83. The number of hydrogen-bond acceptors (Lipinski definition) is 4. The number of halogens is 3. The second kappa shape index (κ2) is 7.69. The van der Waals surface area contributed by atoms with Crippen molar-refractivity contribution in [3.8, 4) is 5.75 Å². The Morgan fingerprint density at radius 2 is 1.77 bits per heavy atom. The van der Waals surface area contributed by atoms with Crippen LogP contribution in [0.3, 0.4) is 0 Å². The molecule has 0 aliphatic carbocycles. The molecule has 164 valence electrons. The van der Waals surface area contributed by atoms with Gasteiger partial charge in [-0.3, -0.25) is 4.68 Å². The molecule has 2 aromatic carbocycles. The van der Waals surface area contributed by atoms with Crippen molar-refractivity contribution in [3.05, 3.63) is 83.7 Å². The molecule has 1 atom stereocenters. The molecule has 1 aliphatic rings. The molecule has 1 aliphatic heterocycles. The predicted molar refractivity (Wildman–Crippen MR) is 109 cm³/mol. The number of hydrogen-bond donors (Lipinski definition) is 1. The molecule has 0 radical (unpaired) electrons. The van der Waals surface area contributed by atoms with Crippen LogP contribution in [0.2, 0.25) is 0 Å². The SMILES string of the molecule is CN1CC(C)(C(O)(c2ccc(OC(F)(F)F)cc2)c2cccc(Cn3cccn3)c2)C1. The Hall–Kier alpha value is -2.84. The second-order valence-electron chi connectivity index (χ2n) is 8.42. The number of aromatic nitrogens is 2. The van der Waals surface area contributed by atoms with Crippen LogP contribution in [0.15, 0.2) is 67.0 Å². The highest BCUT2D eigenvalue weighted by Crippen LogP contribution is 2.50. The van der Waals surface area contributed by atoms with Crippen LogP contribution in [0.1, 0.15) is 23.6 Å². The predicted octanol–water partition coefficient (Wildman–Crippen LogP) is 4.02. The van der Waals surface area contributed by atoms with Crippen molar-refractivity contribution >= 4 is 0 Å². The number of alkyl halides is 3. The van der Waals surface area contributed by atoms with E-state index in [1.807, 2.05) is 50.5 Å². The summed E-state index contributed by atoms with van der Waals surface area (Å²) in [5.74, 6) is -0.318. The van der Waals surface area contributed by atoms with Gasteiger partial charge in [0, 0.05) is 30.9 Å². The molecule has 31 heavy (non-hydrogen) atoms. The van der Waals surface area contributed by atoms with Crippen molar-refractivity contribution < 1.29 is 23.0 Å². The fourth-order valence-electron chi connectivity index (χ4n) is 4.61. The second-order valence-corrected chi connectivity index (χ2v) is 8.42. The third-order valence-corrected chi connectivity index (χ3v) is 5.87. The number of ether oxygens (including phenoxy) is 1. The van der Waals surface area contributed by atoms with Gasteiger partial charge in [-0.05, 0) is 41.9 Å². The van der Waals surface area contributed by atoms with E-state index in [0.717, 1.165) is 5.56 Å². The van der Waals surface area contributed by atoms with E-state index < -0.39 is 17.4 Å². The molecule has 1 fully saturated rings. The lowest BCUT2D eigenvalue weighted by Gasteiger charge is -2.56. The largest absolute Gasteiger partial charge is 0.573 e. The van der Waals surface area contributed by atoms with Crippen molar-refractivity contribution in [3.63, 3.8) is 0 Å². The standard InChI is InChI=1S/C23H24F3N3O2/c1-21(15-28(2)16-21)22(30,18-7-9-20(10-8-18)31-23(24,25)26)19-6-3-5-17(13-19)14-29-12-4-11-27-29/h3-13,30H,14-16H2,1-2H3. The Labute approximate surface area is 178 Å². The maximum absolute atomic E-state index is 12.6. The van der Waals surface area contributed by atoms with Gasteiger partial charge < -0.3 is 14.7 Å². The molecule has 0 saturated carbocycles. The summed E-state index contributed by atoms with van der Waals surface area (Å²) in [6, 6.07) is 15.0. The lowest BCUT2D eigenvalue weighted by molar-refractivity contribution is -0.274. The lowest BCUT2D eigenvalue weighted by atomic mass is 9.62. The summed E-state index contributed by atoms with van der Waals surface area (Å²) in [6.07, 6.45) is -1.20. The summed E-state index contributed by atoms with van der Waals surface area (Å²) in [5.41, 5.74) is 0.272. The van der Waals surface area contributed by atoms with E-state index in [-0.39, 0.29) is 5.75 Å². The zero-order chi connectivity index (χ0) is 22.3. The Morgan fingerprint density at radius 1 is 1.06 bits per heavy atom. The Kier molecular flexibility index (Phi) is 5.31. The van der Waals surface area contributed by atoms with Crippen LogP contribution in [0.4, 0.5) is 13.2 Å². The lowest BCUT2D eigenvalue weighted by Crippen LogP contribution is -2.63. The smallest absolute Gasteiger partial charge is 0.406 e. The quantitative estimate of drug-likeness (QED) is 0.641. The maximum atomic E-state index is 12.6. The molecule has 1 unspecified atom stereocenters. The number of likely N-dealkylation sites (tertiary alicyclic amines) is 1. The Bertz CT molecular complexity index is 1030.